The Morgan fingerprint density at radius 1 is 0.765 bits per heavy atom. The largest absolute Gasteiger partial charge is 0.508 e. The molecule has 90 valence electrons. The Bertz CT molecular complexity index is 430. The number of phenols is 3. The third kappa shape index (κ3) is 4.34. The van der Waals surface area contributed by atoms with E-state index in [1.165, 1.54) is 12.1 Å². The highest BCUT2D eigenvalue weighted by atomic mass is 16.5. The van der Waals surface area contributed by atoms with E-state index in [1.54, 1.807) is 43.5 Å². The average molecular weight is 234 g/mol. The molecule has 2 rings (SSSR count). The predicted molar refractivity (Wildman–Crippen MR) is 64.4 cm³/mol. The number of methoxy groups -OCH3 is 1. The van der Waals surface area contributed by atoms with Crippen LogP contribution in [0.1, 0.15) is 0 Å². The number of benzene rings is 2. The van der Waals surface area contributed by atoms with Gasteiger partial charge >= 0.3 is 0 Å². The summed E-state index contributed by atoms with van der Waals surface area (Å²) in [5.74, 6) is 0.864. The Balaban J connectivity index is 0.000000171. The van der Waals surface area contributed by atoms with Gasteiger partial charge in [-0.25, -0.2) is 0 Å². The number of hydrogen-bond acceptors (Lipinski definition) is 4. The molecule has 0 saturated carbocycles. The maximum Gasteiger partial charge on any atom is 0.157 e. The van der Waals surface area contributed by atoms with Gasteiger partial charge in [-0.3, -0.25) is 0 Å². The van der Waals surface area contributed by atoms with Gasteiger partial charge in [0.1, 0.15) is 11.5 Å². The topological polar surface area (TPSA) is 69.9 Å². The van der Waals surface area contributed by atoms with Gasteiger partial charge in [0.15, 0.2) is 11.5 Å². The van der Waals surface area contributed by atoms with Gasteiger partial charge in [0.25, 0.3) is 0 Å². The van der Waals surface area contributed by atoms with E-state index in [1.807, 2.05) is 0 Å². The van der Waals surface area contributed by atoms with E-state index in [4.69, 9.17) is 20.1 Å². The molecule has 0 radical (unpaired) electrons. The van der Waals surface area contributed by atoms with Crippen LogP contribution in [-0.2, 0) is 0 Å². The fourth-order valence-corrected chi connectivity index (χ4v) is 1.05. The van der Waals surface area contributed by atoms with Crippen molar-refractivity contribution in [1.29, 1.82) is 0 Å². The summed E-state index contributed by atoms with van der Waals surface area (Å²) in [5.41, 5.74) is 0. The highest BCUT2D eigenvalue weighted by Crippen LogP contribution is 2.21. The molecule has 0 aliphatic carbocycles. The minimum Gasteiger partial charge on any atom is -0.508 e. The van der Waals surface area contributed by atoms with Crippen molar-refractivity contribution in [1.82, 2.24) is 0 Å². The summed E-state index contributed by atoms with van der Waals surface area (Å²) < 4.78 is 4.86. The van der Waals surface area contributed by atoms with Crippen LogP contribution < -0.4 is 4.74 Å². The van der Waals surface area contributed by atoms with Crippen LogP contribution in [0.4, 0.5) is 0 Å². The third-order valence-electron chi connectivity index (χ3n) is 1.95. The molecule has 0 amide bonds. The summed E-state index contributed by atoms with van der Waals surface area (Å²) in [4.78, 5) is 0. The van der Waals surface area contributed by atoms with Crippen molar-refractivity contribution in [2.24, 2.45) is 0 Å². The smallest absolute Gasteiger partial charge is 0.157 e. The quantitative estimate of drug-likeness (QED) is 0.663. The summed E-state index contributed by atoms with van der Waals surface area (Å²) >= 11 is 0. The molecule has 0 atom stereocenters. The lowest BCUT2D eigenvalue weighted by Gasteiger charge is -1.96. The van der Waals surface area contributed by atoms with Crippen LogP contribution in [0.15, 0.2) is 48.5 Å². The van der Waals surface area contributed by atoms with Gasteiger partial charge in [-0.05, 0) is 36.4 Å². The van der Waals surface area contributed by atoms with Crippen molar-refractivity contribution in [2.45, 2.75) is 0 Å². The number of para-hydroxylation sites is 2. The zero-order valence-corrected chi connectivity index (χ0v) is 9.37. The van der Waals surface area contributed by atoms with Crippen LogP contribution in [0.25, 0.3) is 0 Å². The van der Waals surface area contributed by atoms with Crippen molar-refractivity contribution in [2.75, 3.05) is 7.11 Å². The van der Waals surface area contributed by atoms with Gasteiger partial charge in [-0.15, -0.1) is 0 Å². The monoisotopic (exact) mass is 234 g/mol. The molecule has 0 aliphatic rings. The second kappa shape index (κ2) is 6.27. The minimum absolute atomic E-state index is 0.0764. The van der Waals surface area contributed by atoms with Gasteiger partial charge in [-0.2, -0.15) is 0 Å². The Morgan fingerprint density at radius 2 is 1.24 bits per heavy atom. The van der Waals surface area contributed by atoms with E-state index in [2.05, 4.69) is 0 Å². The van der Waals surface area contributed by atoms with Gasteiger partial charge in [-0.1, -0.05) is 12.1 Å². The fraction of sp³-hybridized carbons (Fsp3) is 0.0769. The number of phenolic OH excluding ortho intramolecular Hbond substituents is 3. The molecule has 0 heterocycles. The van der Waals surface area contributed by atoms with E-state index >= 15 is 0 Å². The molecule has 4 heteroatoms. The molecule has 17 heavy (non-hydrogen) atoms. The Morgan fingerprint density at radius 3 is 1.59 bits per heavy atom. The number of aromatic hydroxyl groups is 3. The van der Waals surface area contributed by atoms with Gasteiger partial charge in [0.05, 0.1) is 7.11 Å². The molecule has 0 aromatic heterocycles. The van der Waals surface area contributed by atoms with Crippen molar-refractivity contribution < 1.29 is 20.1 Å². The van der Waals surface area contributed by atoms with Crippen LogP contribution in [0.5, 0.6) is 23.0 Å². The normalized spacial score (nSPS) is 9.00. The highest BCUT2D eigenvalue weighted by molar-refractivity contribution is 5.36. The highest BCUT2D eigenvalue weighted by Gasteiger charge is 1.90. The Labute approximate surface area is 99.4 Å². The van der Waals surface area contributed by atoms with E-state index < -0.39 is 0 Å². The van der Waals surface area contributed by atoms with E-state index in [9.17, 15) is 0 Å². The van der Waals surface area contributed by atoms with Gasteiger partial charge in [0, 0.05) is 0 Å². The molecule has 3 N–H and O–H groups in total. The molecule has 0 fully saturated rings. The lowest BCUT2D eigenvalue weighted by Crippen LogP contribution is -1.79. The molecule has 0 aliphatic heterocycles. The van der Waals surface area contributed by atoms with Crippen LogP contribution in [0, 0.1) is 0 Å². The molecule has 2 aromatic carbocycles. The van der Waals surface area contributed by atoms with E-state index in [0.717, 1.165) is 5.75 Å². The van der Waals surface area contributed by atoms with Crippen LogP contribution in [0.3, 0.4) is 0 Å². The molecule has 0 spiro atoms. The van der Waals surface area contributed by atoms with Crippen LogP contribution in [-0.4, -0.2) is 22.4 Å². The third-order valence-corrected chi connectivity index (χ3v) is 1.95. The summed E-state index contributed by atoms with van der Waals surface area (Å²) in [7, 11) is 1.59. The van der Waals surface area contributed by atoms with Gasteiger partial charge < -0.3 is 20.1 Å². The average Bonchev–Trinajstić information content (AvgIpc) is 2.35. The number of ether oxygens (including phenoxy) is 1. The molecule has 0 unspecified atom stereocenters. The Hall–Kier alpha value is -2.36. The summed E-state index contributed by atoms with van der Waals surface area (Å²) in [6.07, 6.45) is 0. The summed E-state index contributed by atoms with van der Waals surface area (Å²) in [6.45, 7) is 0. The first-order chi connectivity index (χ1) is 8.13. The number of rotatable bonds is 1. The SMILES string of the molecule is COc1ccc(O)cc1.Oc1ccccc1O. The number of hydrogen-bond donors (Lipinski definition) is 3. The first-order valence-corrected chi connectivity index (χ1v) is 4.93. The van der Waals surface area contributed by atoms with Crippen molar-refractivity contribution in [3.05, 3.63) is 48.5 Å². The van der Waals surface area contributed by atoms with Gasteiger partial charge in [0.2, 0.25) is 0 Å². The lowest BCUT2D eigenvalue weighted by atomic mass is 10.3. The van der Waals surface area contributed by atoms with E-state index in [-0.39, 0.29) is 17.2 Å². The molecule has 4 nitrogen and oxygen atoms in total. The molecule has 0 bridgehead atoms. The summed E-state index contributed by atoms with van der Waals surface area (Å²) in [5, 5.41) is 26.1. The maximum absolute atomic E-state index is 8.80. The second-order valence-electron chi connectivity index (χ2n) is 3.19. The fourth-order valence-electron chi connectivity index (χ4n) is 1.05. The standard InChI is InChI=1S/C7H8O2.C6H6O2/c1-9-7-4-2-6(8)3-5-7;7-5-3-1-2-4-6(5)8/h2-5,8H,1H3;1-4,7-8H. The van der Waals surface area contributed by atoms with Crippen LogP contribution in [0.2, 0.25) is 0 Å². The summed E-state index contributed by atoms with van der Waals surface area (Å²) in [6, 6.07) is 12.7. The first kappa shape index (κ1) is 12.7. The van der Waals surface area contributed by atoms with Crippen molar-refractivity contribution in [3.8, 4) is 23.0 Å². The van der Waals surface area contributed by atoms with Crippen molar-refractivity contribution in [3.63, 3.8) is 0 Å². The zero-order valence-electron chi connectivity index (χ0n) is 9.37. The first-order valence-electron chi connectivity index (χ1n) is 4.93. The molecular formula is C13H14O4. The lowest BCUT2D eigenvalue weighted by molar-refractivity contribution is 0.404. The second-order valence-corrected chi connectivity index (χ2v) is 3.19. The molecular weight excluding hydrogens is 220 g/mol. The predicted octanol–water partition coefficient (Wildman–Crippen LogP) is 2.50. The Kier molecular flexibility index (Phi) is 4.69. The molecule has 0 saturated heterocycles. The molecule has 2 aromatic rings. The van der Waals surface area contributed by atoms with Crippen molar-refractivity contribution >= 4 is 0 Å². The van der Waals surface area contributed by atoms with E-state index in [0.29, 0.717) is 0 Å². The zero-order chi connectivity index (χ0) is 12.7. The maximum atomic E-state index is 8.80. The minimum atomic E-state index is -0.0764. The van der Waals surface area contributed by atoms with Crippen LogP contribution >= 0.6 is 0 Å².